The molecule has 0 bridgehead atoms. The van der Waals surface area contributed by atoms with E-state index < -0.39 is 0 Å². The van der Waals surface area contributed by atoms with Gasteiger partial charge in [0.2, 0.25) is 0 Å². The van der Waals surface area contributed by atoms with E-state index in [1.807, 2.05) is 35.8 Å². The normalized spacial score (nSPS) is 15.0. The van der Waals surface area contributed by atoms with Gasteiger partial charge < -0.3 is 5.32 Å². The first-order chi connectivity index (χ1) is 8.20. The van der Waals surface area contributed by atoms with Gasteiger partial charge in [-0.25, -0.2) is 0 Å². The molecule has 1 N–H and O–H groups in total. The van der Waals surface area contributed by atoms with Crippen LogP contribution in [0.3, 0.4) is 0 Å². The highest BCUT2D eigenvalue weighted by Crippen LogP contribution is 2.24. The van der Waals surface area contributed by atoms with Crippen molar-refractivity contribution in [2.24, 2.45) is 0 Å². The molecule has 0 fully saturated rings. The maximum Gasteiger partial charge on any atom is 0.195 e. The number of nitrogens with one attached hydrogen (secondary N) is 1. The van der Waals surface area contributed by atoms with Crippen LogP contribution in [0, 0.1) is 0 Å². The summed E-state index contributed by atoms with van der Waals surface area (Å²) in [6.45, 7) is 4.42. The molecule has 0 saturated heterocycles. The molecule has 2 heterocycles. The zero-order valence-corrected chi connectivity index (χ0v) is 11.2. The molecule has 0 amide bonds. The van der Waals surface area contributed by atoms with Gasteiger partial charge in [0.1, 0.15) is 0 Å². The molecule has 0 aliphatic carbocycles. The SMILES string of the molecule is CNC(C)CC(C)Sc1nnc2ccccn12. The molecule has 0 spiro atoms. The second kappa shape index (κ2) is 5.51. The lowest BCUT2D eigenvalue weighted by Crippen LogP contribution is -2.24. The minimum Gasteiger partial charge on any atom is -0.317 e. The van der Waals surface area contributed by atoms with Crippen LogP contribution in [-0.2, 0) is 0 Å². The van der Waals surface area contributed by atoms with Gasteiger partial charge in [-0.05, 0) is 32.5 Å². The predicted octanol–water partition coefficient (Wildman–Crippen LogP) is 2.21. The van der Waals surface area contributed by atoms with Gasteiger partial charge in [-0.15, -0.1) is 10.2 Å². The zero-order chi connectivity index (χ0) is 12.3. The first kappa shape index (κ1) is 12.4. The van der Waals surface area contributed by atoms with Crippen LogP contribution in [0.4, 0.5) is 0 Å². The largest absolute Gasteiger partial charge is 0.317 e. The number of aromatic nitrogens is 3. The van der Waals surface area contributed by atoms with Crippen molar-refractivity contribution in [3.05, 3.63) is 24.4 Å². The number of thioether (sulfide) groups is 1. The molecule has 17 heavy (non-hydrogen) atoms. The van der Waals surface area contributed by atoms with Crippen molar-refractivity contribution >= 4 is 17.4 Å². The van der Waals surface area contributed by atoms with Crippen LogP contribution in [0.15, 0.2) is 29.6 Å². The second-order valence-corrected chi connectivity index (χ2v) is 5.67. The minimum atomic E-state index is 0.519. The van der Waals surface area contributed by atoms with Crippen LogP contribution in [-0.4, -0.2) is 32.9 Å². The van der Waals surface area contributed by atoms with Crippen molar-refractivity contribution in [2.45, 2.75) is 36.7 Å². The molecule has 2 aromatic heterocycles. The Morgan fingerprint density at radius 2 is 2.18 bits per heavy atom. The fourth-order valence-corrected chi connectivity index (χ4v) is 2.84. The maximum absolute atomic E-state index is 4.22. The smallest absolute Gasteiger partial charge is 0.195 e. The van der Waals surface area contributed by atoms with Crippen molar-refractivity contribution < 1.29 is 0 Å². The average Bonchev–Trinajstić information content (AvgIpc) is 2.72. The molecule has 0 aliphatic rings. The highest BCUT2D eigenvalue weighted by molar-refractivity contribution is 7.99. The van der Waals surface area contributed by atoms with Crippen molar-refractivity contribution in [2.75, 3.05) is 7.05 Å². The first-order valence-corrected chi connectivity index (χ1v) is 6.72. The third-order valence-electron chi connectivity index (χ3n) is 2.77. The fourth-order valence-electron chi connectivity index (χ4n) is 1.74. The van der Waals surface area contributed by atoms with Gasteiger partial charge in [0.05, 0.1) is 0 Å². The Balaban J connectivity index is 2.08. The van der Waals surface area contributed by atoms with E-state index in [0.29, 0.717) is 11.3 Å². The lowest BCUT2D eigenvalue weighted by molar-refractivity contribution is 0.563. The van der Waals surface area contributed by atoms with Crippen LogP contribution >= 0.6 is 11.8 Å². The van der Waals surface area contributed by atoms with Gasteiger partial charge in [0, 0.05) is 17.5 Å². The Bertz CT molecular complexity index is 482. The molecule has 0 saturated carbocycles. The zero-order valence-electron chi connectivity index (χ0n) is 10.4. The Kier molecular flexibility index (Phi) is 4.02. The Morgan fingerprint density at radius 1 is 1.35 bits per heavy atom. The molecular weight excluding hydrogens is 232 g/mol. The molecule has 2 unspecified atom stereocenters. The predicted molar refractivity (Wildman–Crippen MR) is 71.4 cm³/mol. The van der Waals surface area contributed by atoms with Crippen LogP contribution < -0.4 is 5.32 Å². The fraction of sp³-hybridized carbons (Fsp3) is 0.500. The summed E-state index contributed by atoms with van der Waals surface area (Å²) in [5.74, 6) is 0. The number of pyridine rings is 1. The summed E-state index contributed by atoms with van der Waals surface area (Å²) in [5, 5.41) is 13.1. The van der Waals surface area contributed by atoms with E-state index in [4.69, 9.17) is 0 Å². The van der Waals surface area contributed by atoms with Gasteiger partial charge in [0.15, 0.2) is 10.8 Å². The molecular formula is C12H18N4S. The molecule has 5 heteroatoms. The van der Waals surface area contributed by atoms with Crippen molar-refractivity contribution in [1.82, 2.24) is 19.9 Å². The summed E-state index contributed by atoms with van der Waals surface area (Å²) in [6.07, 6.45) is 3.12. The molecule has 2 atom stereocenters. The van der Waals surface area contributed by atoms with Crippen molar-refractivity contribution in [3.8, 4) is 0 Å². The summed E-state index contributed by atoms with van der Waals surface area (Å²) in [7, 11) is 1.99. The van der Waals surface area contributed by atoms with Crippen molar-refractivity contribution in [3.63, 3.8) is 0 Å². The summed E-state index contributed by atoms with van der Waals surface area (Å²) in [6, 6.07) is 6.47. The maximum atomic E-state index is 4.22. The molecule has 92 valence electrons. The molecule has 2 aromatic rings. The third kappa shape index (κ3) is 2.98. The van der Waals surface area contributed by atoms with Crippen LogP contribution in [0.2, 0.25) is 0 Å². The number of hydrogen-bond donors (Lipinski definition) is 1. The topological polar surface area (TPSA) is 42.2 Å². The lowest BCUT2D eigenvalue weighted by atomic mass is 10.2. The van der Waals surface area contributed by atoms with Gasteiger partial charge in [0.25, 0.3) is 0 Å². The number of fused-ring (bicyclic) bond motifs is 1. The first-order valence-electron chi connectivity index (χ1n) is 5.84. The standard InChI is InChI=1S/C12H18N4S/c1-9(13-3)8-10(2)17-12-15-14-11-6-4-5-7-16(11)12/h4-7,9-10,13H,8H2,1-3H3. The molecule has 0 aromatic carbocycles. The van der Waals surface area contributed by atoms with Gasteiger partial charge in [-0.3, -0.25) is 4.40 Å². The summed E-state index contributed by atoms with van der Waals surface area (Å²) < 4.78 is 2.03. The number of hydrogen-bond acceptors (Lipinski definition) is 4. The van der Waals surface area contributed by atoms with Crippen LogP contribution in [0.5, 0.6) is 0 Å². The molecule has 0 aliphatic heterocycles. The molecule has 4 nitrogen and oxygen atoms in total. The van der Waals surface area contributed by atoms with Crippen LogP contribution in [0.25, 0.3) is 5.65 Å². The van der Waals surface area contributed by atoms with E-state index in [9.17, 15) is 0 Å². The Labute approximate surface area is 106 Å². The van der Waals surface area contributed by atoms with Gasteiger partial charge in [-0.2, -0.15) is 0 Å². The second-order valence-electron chi connectivity index (χ2n) is 4.27. The Morgan fingerprint density at radius 3 is 2.94 bits per heavy atom. The van der Waals surface area contributed by atoms with E-state index in [-0.39, 0.29) is 0 Å². The van der Waals surface area contributed by atoms with E-state index in [2.05, 4.69) is 29.4 Å². The Hall–Kier alpha value is -1.07. The van der Waals surface area contributed by atoms with E-state index in [1.54, 1.807) is 11.8 Å². The quantitative estimate of drug-likeness (QED) is 0.826. The number of nitrogens with zero attached hydrogens (tertiary/aromatic N) is 3. The van der Waals surface area contributed by atoms with E-state index in [0.717, 1.165) is 17.2 Å². The van der Waals surface area contributed by atoms with Gasteiger partial charge in [-0.1, -0.05) is 24.8 Å². The minimum absolute atomic E-state index is 0.519. The van der Waals surface area contributed by atoms with E-state index in [1.165, 1.54) is 0 Å². The lowest BCUT2D eigenvalue weighted by Gasteiger charge is -2.15. The summed E-state index contributed by atoms with van der Waals surface area (Å²) >= 11 is 1.77. The molecule has 0 radical (unpaired) electrons. The monoisotopic (exact) mass is 250 g/mol. The highest BCUT2D eigenvalue weighted by atomic mass is 32.2. The average molecular weight is 250 g/mol. The summed E-state index contributed by atoms with van der Waals surface area (Å²) in [4.78, 5) is 0. The molecule has 2 rings (SSSR count). The van der Waals surface area contributed by atoms with Gasteiger partial charge >= 0.3 is 0 Å². The summed E-state index contributed by atoms with van der Waals surface area (Å²) in [5.41, 5.74) is 0.906. The van der Waals surface area contributed by atoms with Crippen LogP contribution in [0.1, 0.15) is 20.3 Å². The number of rotatable bonds is 5. The highest BCUT2D eigenvalue weighted by Gasteiger charge is 2.12. The van der Waals surface area contributed by atoms with Crippen molar-refractivity contribution in [1.29, 1.82) is 0 Å². The van der Waals surface area contributed by atoms with E-state index >= 15 is 0 Å². The third-order valence-corrected chi connectivity index (χ3v) is 3.85.